The molecule has 2 aromatic heterocycles. The lowest BCUT2D eigenvalue weighted by Gasteiger charge is -2.26. The highest BCUT2D eigenvalue weighted by Crippen LogP contribution is 2.32. The van der Waals surface area contributed by atoms with Crippen LogP contribution in [0, 0.1) is 5.92 Å². The summed E-state index contributed by atoms with van der Waals surface area (Å²) in [5.74, 6) is 0.411. The molecule has 7 heteroatoms. The van der Waals surface area contributed by atoms with Crippen molar-refractivity contribution in [2.45, 2.75) is 19.4 Å². The van der Waals surface area contributed by atoms with Crippen molar-refractivity contribution in [2.24, 2.45) is 5.92 Å². The molecule has 4 rings (SSSR count). The minimum atomic E-state index is -0.896. The molecule has 3 heterocycles. The second kappa shape index (κ2) is 6.24. The number of hydrogen-bond acceptors (Lipinski definition) is 5. The molecule has 2 aromatic rings. The van der Waals surface area contributed by atoms with Gasteiger partial charge >= 0.3 is 5.97 Å². The normalized spacial score (nSPS) is 17.9. The number of morpholine rings is 1. The summed E-state index contributed by atoms with van der Waals surface area (Å²) in [6, 6.07) is 1.71. The Morgan fingerprint density at radius 2 is 1.92 bits per heavy atom. The highest BCUT2D eigenvalue weighted by atomic mass is 16.5. The maximum absolute atomic E-state index is 11.5. The lowest BCUT2D eigenvalue weighted by Crippen LogP contribution is -2.37. The van der Waals surface area contributed by atoms with Gasteiger partial charge in [0.15, 0.2) is 0 Å². The Hall–Kier alpha value is -2.41. The number of carbonyl (C=O) groups is 1. The molecule has 1 N–H and O–H groups in total. The number of nitrogens with zero attached hydrogens (tertiary/aromatic N) is 4. The molecule has 1 aliphatic carbocycles. The second-order valence-corrected chi connectivity index (χ2v) is 6.39. The highest BCUT2D eigenvalue weighted by molar-refractivity contribution is 5.88. The average Bonchev–Trinajstić information content (AvgIpc) is 3.32. The molecule has 0 amide bonds. The summed E-state index contributed by atoms with van der Waals surface area (Å²) < 4.78 is 7.17. The number of carboxylic acids is 1. The summed E-state index contributed by atoms with van der Waals surface area (Å²) in [7, 11) is 0. The molecule has 126 valence electrons. The fraction of sp³-hybridized carbons (Fsp3) is 0.471. The lowest BCUT2D eigenvalue weighted by atomic mass is 10.2. The van der Waals surface area contributed by atoms with Crippen LogP contribution in [-0.2, 0) is 11.3 Å². The van der Waals surface area contributed by atoms with Crippen LogP contribution in [0.15, 0.2) is 24.7 Å². The van der Waals surface area contributed by atoms with Gasteiger partial charge in [0.2, 0.25) is 5.95 Å². The molecular formula is C17H20N4O3. The maximum Gasteiger partial charge on any atom is 0.352 e. The fourth-order valence-electron chi connectivity index (χ4n) is 2.97. The predicted octanol–water partition coefficient (Wildman–Crippen LogP) is 1.89. The molecular weight excluding hydrogens is 308 g/mol. The van der Waals surface area contributed by atoms with E-state index in [-0.39, 0.29) is 0 Å². The van der Waals surface area contributed by atoms with Gasteiger partial charge in [0, 0.05) is 49.4 Å². The van der Waals surface area contributed by atoms with Gasteiger partial charge in [-0.1, -0.05) is 0 Å². The van der Waals surface area contributed by atoms with E-state index in [1.165, 1.54) is 12.8 Å². The van der Waals surface area contributed by atoms with Gasteiger partial charge in [0.05, 0.1) is 13.2 Å². The van der Waals surface area contributed by atoms with Crippen LogP contribution in [0.25, 0.3) is 11.1 Å². The van der Waals surface area contributed by atoms with Gasteiger partial charge in [-0.3, -0.25) is 0 Å². The largest absolute Gasteiger partial charge is 0.477 e. The van der Waals surface area contributed by atoms with Crippen LogP contribution in [0.5, 0.6) is 0 Å². The summed E-state index contributed by atoms with van der Waals surface area (Å²) in [6.07, 6.45) is 7.79. The number of ether oxygens (including phenoxy) is 1. The van der Waals surface area contributed by atoms with Crippen LogP contribution < -0.4 is 4.90 Å². The quantitative estimate of drug-likeness (QED) is 0.903. The average molecular weight is 328 g/mol. The van der Waals surface area contributed by atoms with Gasteiger partial charge < -0.3 is 19.3 Å². The fourth-order valence-corrected chi connectivity index (χ4v) is 2.97. The first-order chi connectivity index (χ1) is 11.7. The van der Waals surface area contributed by atoms with E-state index in [1.807, 2.05) is 10.8 Å². The van der Waals surface area contributed by atoms with Gasteiger partial charge in [-0.05, 0) is 24.8 Å². The zero-order valence-corrected chi connectivity index (χ0v) is 13.4. The van der Waals surface area contributed by atoms with Crippen LogP contribution in [0.1, 0.15) is 23.3 Å². The molecule has 0 radical (unpaired) electrons. The predicted molar refractivity (Wildman–Crippen MR) is 88.2 cm³/mol. The van der Waals surface area contributed by atoms with Crippen molar-refractivity contribution in [3.8, 4) is 11.1 Å². The molecule has 1 saturated carbocycles. The summed E-state index contributed by atoms with van der Waals surface area (Å²) in [5.41, 5.74) is 2.01. The molecule has 2 fully saturated rings. The second-order valence-electron chi connectivity index (χ2n) is 6.39. The van der Waals surface area contributed by atoms with Crippen LogP contribution in [-0.4, -0.2) is 51.9 Å². The van der Waals surface area contributed by atoms with E-state index < -0.39 is 5.97 Å². The van der Waals surface area contributed by atoms with E-state index >= 15 is 0 Å². The molecule has 1 aliphatic heterocycles. The summed E-state index contributed by atoms with van der Waals surface area (Å²) in [6.45, 7) is 3.74. The van der Waals surface area contributed by atoms with Gasteiger partial charge in [-0.2, -0.15) is 0 Å². The number of hydrogen-bond donors (Lipinski definition) is 1. The molecule has 0 bridgehead atoms. The molecule has 1 saturated heterocycles. The molecule has 2 aliphatic rings. The zero-order chi connectivity index (χ0) is 16.5. The van der Waals surface area contributed by atoms with Crippen molar-refractivity contribution in [1.82, 2.24) is 14.5 Å². The number of anilines is 1. The number of aromatic carboxylic acids is 1. The van der Waals surface area contributed by atoms with Crippen molar-refractivity contribution in [3.05, 3.63) is 30.4 Å². The monoisotopic (exact) mass is 328 g/mol. The molecule has 0 aromatic carbocycles. The van der Waals surface area contributed by atoms with Gasteiger partial charge in [-0.25, -0.2) is 14.8 Å². The van der Waals surface area contributed by atoms with Gasteiger partial charge in [0.1, 0.15) is 5.69 Å². The van der Waals surface area contributed by atoms with Crippen molar-refractivity contribution >= 4 is 11.9 Å². The van der Waals surface area contributed by atoms with Crippen molar-refractivity contribution in [1.29, 1.82) is 0 Å². The standard InChI is InChI=1S/C17H20N4O3/c22-16(23)15-7-13(11-21(15)10-12-1-2-12)14-8-18-17(19-9-14)20-3-5-24-6-4-20/h7-9,11-12H,1-6,10H2,(H,22,23). The van der Waals surface area contributed by atoms with Crippen LogP contribution in [0.3, 0.4) is 0 Å². The SMILES string of the molecule is O=C(O)c1cc(-c2cnc(N3CCOCC3)nc2)cn1CC1CC1. The Balaban J connectivity index is 1.57. The van der Waals surface area contributed by atoms with E-state index in [0.29, 0.717) is 30.8 Å². The Labute approximate surface area is 139 Å². The summed E-state index contributed by atoms with van der Waals surface area (Å²) >= 11 is 0. The highest BCUT2D eigenvalue weighted by Gasteiger charge is 2.24. The Morgan fingerprint density at radius 1 is 1.21 bits per heavy atom. The summed E-state index contributed by atoms with van der Waals surface area (Å²) in [4.78, 5) is 22.4. The zero-order valence-electron chi connectivity index (χ0n) is 13.4. The lowest BCUT2D eigenvalue weighted by molar-refractivity contribution is 0.0684. The number of aromatic nitrogens is 3. The smallest absolute Gasteiger partial charge is 0.352 e. The topological polar surface area (TPSA) is 80.5 Å². The molecule has 7 nitrogen and oxygen atoms in total. The van der Waals surface area contributed by atoms with Crippen molar-refractivity contribution in [3.63, 3.8) is 0 Å². The number of carboxylic acid groups (broad SMARTS) is 1. The van der Waals surface area contributed by atoms with Crippen LogP contribution in [0.2, 0.25) is 0 Å². The van der Waals surface area contributed by atoms with Crippen LogP contribution in [0.4, 0.5) is 5.95 Å². The van der Waals surface area contributed by atoms with E-state index in [0.717, 1.165) is 30.8 Å². The minimum absolute atomic E-state index is 0.328. The third-order valence-electron chi connectivity index (χ3n) is 4.53. The Kier molecular flexibility index (Phi) is 3.93. The Bertz CT molecular complexity index is 731. The summed E-state index contributed by atoms with van der Waals surface area (Å²) in [5, 5.41) is 9.40. The first-order valence-corrected chi connectivity index (χ1v) is 8.29. The van der Waals surface area contributed by atoms with Crippen LogP contribution >= 0.6 is 0 Å². The van der Waals surface area contributed by atoms with E-state index in [2.05, 4.69) is 14.9 Å². The van der Waals surface area contributed by atoms with Crippen molar-refractivity contribution < 1.29 is 14.6 Å². The van der Waals surface area contributed by atoms with E-state index in [1.54, 1.807) is 18.5 Å². The first-order valence-electron chi connectivity index (χ1n) is 8.29. The van der Waals surface area contributed by atoms with E-state index in [4.69, 9.17) is 4.74 Å². The Morgan fingerprint density at radius 3 is 2.54 bits per heavy atom. The molecule has 24 heavy (non-hydrogen) atoms. The molecule has 0 atom stereocenters. The molecule has 0 spiro atoms. The molecule has 0 unspecified atom stereocenters. The van der Waals surface area contributed by atoms with Crippen molar-refractivity contribution in [2.75, 3.05) is 31.2 Å². The first kappa shape index (κ1) is 15.1. The number of rotatable bonds is 5. The van der Waals surface area contributed by atoms with E-state index in [9.17, 15) is 9.90 Å². The third-order valence-corrected chi connectivity index (χ3v) is 4.53. The van der Waals surface area contributed by atoms with Gasteiger partial charge in [-0.15, -0.1) is 0 Å². The van der Waals surface area contributed by atoms with Gasteiger partial charge in [0.25, 0.3) is 0 Å². The maximum atomic E-state index is 11.5. The third kappa shape index (κ3) is 3.12. The minimum Gasteiger partial charge on any atom is -0.477 e.